The Morgan fingerprint density at radius 2 is 1.59 bits per heavy atom. The minimum Gasteiger partial charge on any atom is -0.352 e. The van der Waals surface area contributed by atoms with Gasteiger partial charge in [-0.2, -0.15) is 0 Å². The number of hydrogen-bond donors (Lipinski definition) is 3. The van der Waals surface area contributed by atoms with E-state index in [2.05, 4.69) is 15.4 Å². The highest BCUT2D eigenvalue weighted by Gasteiger charge is 2.19. The van der Waals surface area contributed by atoms with Gasteiger partial charge in [0.2, 0.25) is 0 Å². The fourth-order valence-corrected chi connectivity index (χ4v) is 4.26. The Kier molecular flexibility index (Phi) is 6.95. The number of carbonyl (C=O) groups excluding carboxylic acids is 2. The monoisotopic (exact) mass is 451 g/mol. The van der Waals surface area contributed by atoms with Gasteiger partial charge in [0.1, 0.15) is 0 Å². The van der Waals surface area contributed by atoms with Gasteiger partial charge in [0.05, 0.1) is 10.6 Å². The molecule has 32 heavy (non-hydrogen) atoms. The van der Waals surface area contributed by atoms with Crippen molar-refractivity contribution in [2.24, 2.45) is 0 Å². The molecule has 0 atom stereocenters. The van der Waals surface area contributed by atoms with E-state index in [4.69, 9.17) is 0 Å². The van der Waals surface area contributed by atoms with Crippen LogP contribution in [-0.2, 0) is 10.0 Å². The zero-order valence-electron chi connectivity index (χ0n) is 18.1. The summed E-state index contributed by atoms with van der Waals surface area (Å²) in [6.45, 7) is 5.85. The molecule has 0 saturated heterocycles. The molecule has 0 radical (unpaired) electrons. The van der Waals surface area contributed by atoms with E-state index in [1.165, 1.54) is 12.1 Å². The third-order valence-electron chi connectivity index (χ3n) is 4.87. The van der Waals surface area contributed by atoms with E-state index in [9.17, 15) is 18.0 Å². The number of rotatable bonds is 7. The smallest absolute Gasteiger partial charge is 0.261 e. The SMILES string of the molecule is CCNC(=O)c1cccc(NC(=O)c2cc(S(=O)(=O)Nc3ccccc3C)ccc2C)c1. The topological polar surface area (TPSA) is 104 Å². The predicted molar refractivity (Wildman–Crippen MR) is 126 cm³/mol. The van der Waals surface area contributed by atoms with Crippen LogP contribution < -0.4 is 15.4 Å². The zero-order valence-corrected chi connectivity index (χ0v) is 18.9. The third-order valence-corrected chi connectivity index (χ3v) is 6.24. The Hall–Kier alpha value is -3.65. The summed E-state index contributed by atoms with van der Waals surface area (Å²) in [6.07, 6.45) is 0. The number of para-hydroxylation sites is 1. The highest BCUT2D eigenvalue weighted by Crippen LogP contribution is 2.22. The van der Waals surface area contributed by atoms with Crippen molar-refractivity contribution in [3.05, 3.63) is 89.0 Å². The van der Waals surface area contributed by atoms with Crippen molar-refractivity contribution >= 4 is 33.2 Å². The minimum atomic E-state index is -3.89. The van der Waals surface area contributed by atoms with Crippen molar-refractivity contribution in [1.82, 2.24) is 5.32 Å². The van der Waals surface area contributed by atoms with Gasteiger partial charge in [-0.15, -0.1) is 0 Å². The van der Waals surface area contributed by atoms with Gasteiger partial charge in [-0.05, 0) is 68.3 Å². The van der Waals surface area contributed by atoms with Crippen LogP contribution in [0.3, 0.4) is 0 Å². The molecule has 0 aromatic heterocycles. The first kappa shape index (κ1) is 23.0. The Morgan fingerprint density at radius 1 is 0.844 bits per heavy atom. The van der Waals surface area contributed by atoms with E-state index >= 15 is 0 Å². The van der Waals surface area contributed by atoms with Crippen LogP contribution in [0.1, 0.15) is 38.8 Å². The molecule has 0 fully saturated rings. The number of carbonyl (C=O) groups is 2. The maximum absolute atomic E-state index is 12.9. The molecule has 2 amide bonds. The number of aryl methyl sites for hydroxylation is 2. The molecule has 0 aliphatic carbocycles. The second-order valence-electron chi connectivity index (χ2n) is 7.29. The summed E-state index contributed by atoms with van der Waals surface area (Å²) in [4.78, 5) is 24.9. The van der Waals surface area contributed by atoms with E-state index in [0.29, 0.717) is 29.0 Å². The van der Waals surface area contributed by atoms with Gasteiger partial charge < -0.3 is 10.6 Å². The number of nitrogens with one attached hydrogen (secondary N) is 3. The molecule has 0 heterocycles. The van der Waals surface area contributed by atoms with Gasteiger partial charge in [0, 0.05) is 23.4 Å². The van der Waals surface area contributed by atoms with Gasteiger partial charge >= 0.3 is 0 Å². The lowest BCUT2D eigenvalue weighted by molar-refractivity contribution is 0.0954. The number of anilines is 2. The molecule has 3 aromatic rings. The first-order valence-corrected chi connectivity index (χ1v) is 11.6. The molecule has 0 aliphatic rings. The van der Waals surface area contributed by atoms with Crippen LogP contribution in [0.2, 0.25) is 0 Å². The van der Waals surface area contributed by atoms with Crippen LogP contribution in [-0.4, -0.2) is 26.8 Å². The van der Waals surface area contributed by atoms with Crippen LogP contribution in [0.5, 0.6) is 0 Å². The van der Waals surface area contributed by atoms with Crippen molar-refractivity contribution in [3.63, 3.8) is 0 Å². The fourth-order valence-electron chi connectivity index (χ4n) is 3.10. The molecule has 7 nitrogen and oxygen atoms in total. The van der Waals surface area contributed by atoms with Crippen LogP contribution in [0.25, 0.3) is 0 Å². The summed E-state index contributed by atoms with van der Waals surface area (Å²) in [5.74, 6) is -0.710. The standard InChI is InChI=1S/C24H25N3O4S/c1-4-25-23(28)18-9-7-10-19(14-18)26-24(29)21-15-20(13-12-16(21)2)32(30,31)27-22-11-6-5-8-17(22)3/h5-15,27H,4H2,1-3H3,(H,25,28)(H,26,29). The Bertz CT molecular complexity index is 1270. The van der Waals surface area contributed by atoms with Crippen molar-refractivity contribution in [1.29, 1.82) is 0 Å². The highest BCUT2D eigenvalue weighted by atomic mass is 32.2. The van der Waals surface area contributed by atoms with Gasteiger partial charge in [0.25, 0.3) is 21.8 Å². The average molecular weight is 452 g/mol. The lowest BCUT2D eigenvalue weighted by atomic mass is 10.1. The van der Waals surface area contributed by atoms with Gasteiger partial charge in [-0.3, -0.25) is 14.3 Å². The largest absolute Gasteiger partial charge is 0.352 e. The number of benzene rings is 3. The van der Waals surface area contributed by atoms with Gasteiger partial charge in [-0.25, -0.2) is 8.42 Å². The summed E-state index contributed by atoms with van der Waals surface area (Å²) in [6, 6.07) is 18.0. The number of hydrogen-bond acceptors (Lipinski definition) is 4. The lowest BCUT2D eigenvalue weighted by Crippen LogP contribution is -2.23. The molecule has 0 aliphatic heterocycles. The molecular formula is C24H25N3O4S. The fraction of sp³-hybridized carbons (Fsp3) is 0.167. The maximum atomic E-state index is 12.9. The zero-order chi connectivity index (χ0) is 23.3. The van der Waals surface area contributed by atoms with Crippen LogP contribution in [0, 0.1) is 13.8 Å². The quantitative estimate of drug-likeness (QED) is 0.503. The summed E-state index contributed by atoms with van der Waals surface area (Å²) in [7, 11) is -3.89. The van der Waals surface area contributed by atoms with Crippen molar-refractivity contribution in [2.45, 2.75) is 25.7 Å². The van der Waals surface area contributed by atoms with E-state index in [1.807, 2.05) is 13.0 Å². The molecule has 166 valence electrons. The normalized spacial score (nSPS) is 11.0. The molecule has 0 saturated carbocycles. The van der Waals surface area contributed by atoms with E-state index in [1.54, 1.807) is 62.4 Å². The third kappa shape index (κ3) is 5.33. The molecule has 3 aromatic carbocycles. The lowest BCUT2D eigenvalue weighted by Gasteiger charge is -2.13. The van der Waals surface area contributed by atoms with Crippen molar-refractivity contribution < 1.29 is 18.0 Å². The average Bonchev–Trinajstić information content (AvgIpc) is 2.75. The van der Waals surface area contributed by atoms with Crippen molar-refractivity contribution in [2.75, 3.05) is 16.6 Å². The molecule has 8 heteroatoms. The van der Waals surface area contributed by atoms with E-state index in [-0.39, 0.29) is 16.4 Å². The highest BCUT2D eigenvalue weighted by molar-refractivity contribution is 7.92. The Labute approximate surface area is 187 Å². The number of amides is 2. The summed E-state index contributed by atoms with van der Waals surface area (Å²) in [5.41, 5.74) is 2.96. The van der Waals surface area contributed by atoms with Crippen LogP contribution in [0.4, 0.5) is 11.4 Å². The van der Waals surface area contributed by atoms with Gasteiger partial charge in [-0.1, -0.05) is 30.3 Å². The van der Waals surface area contributed by atoms with Crippen LogP contribution in [0.15, 0.2) is 71.6 Å². The molecule has 3 rings (SSSR count). The maximum Gasteiger partial charge on any atom is 0.261 e. The second kappa shape index (κ2) is 9.65. The summed E-state index contributed by atoms with van der Waals surface area (Å²) >= 11 is 0. The molecule has 0 bridgehead atoms. The van der Waals surface area contributed by atoms with Crippen LogP contribution >= 0.6 is 0 Å². The molecular weight excluding hydrogens is 426 g/mol. The van der Waals surface area contributed by atoms with E-state index < -0.39 is 15.9 Å². The predicted octanol–water partition coefficient (Wildman–Crippen LogP) is 4.11. The first-order valence-electron chi connectivity index (χ1n) is 10.1. The van der Waals surface area contributed by atoms with Crippen molar-refractivity contribution in [3.8, 4) is 0 Å². The Balaban J connectivity index is 1.86. The summed E-state index contributed by atoms with van der Waals surface area (Å²) in [5, 5.41) is 5.45. The summed E-state index contributed by atoms with van der Waals surface area (Å²) < 4.78 is 28.4. The first-order chi connectivity index (χ1) is 15.2. The molecule has 0 spiro atoms. The number of sulfonamides is 1. The molecule has 0 unspecified atom stereocenters. The van der Waals surface area contributed by atoms with E-state index in [0.717, 1.165) is 5.56 Å². The Morgan fingerprint density at radius 3 is 2.31 bits per heavy atom. The second-order valence-corrected chi connectivity index (χ2v) is 8.97. The molecule has 3 N–H and O–H groups in total. The van der Waals surface area contributed by atoms with Gasteiger partial charge in [0.15, 0.2) is 0 Å². The minimum absolute atomic E-state index is 0.0208.